The van der Waals surface area contributed by atoms with Crippen LogP contribution in [0.15, 0.2) is 72.9 Å². The van der Waals surface area contributed by atoms with Gasteiger partial charge in [0.1, 0.15) is 0 Å². The Morgan fingerprint density at radius 3 is 2.54 bits per heavy atom. The van der Waals surface area contributed by atoms with Crippen molar-refractivity contribution in [3.8, 4) is 0 Å². The summed E-state index contributed by atoms with van der Waals surface area (Å²) >= 11 is 0. The number of fused-ring (bicyclic) bond motifs is 2. The van der Waals surface area contributed by atoms with Crippen LogP contribution in [0.1, 0.15) is 34.0 Å². The van der Waals surface area contributed by atoms with Crippen LogP contribution in [-0.4, -0.2) is 30.5 Å². The summed E-state index contributed by atoms with van der Waals surface area (Å²) in [6, 6.07) is 21.3. The number of ether oxygens (including phenoxy) is 1. The number of H-pyrrole nitrogens is 1. The van der Waals surface area contributed by atoms with Gasteiger partial charge in [0, 0.05) is 34.9 Å². The van der Waals surface area contributed by atoms with Gasteiger partial charge < -0.3 is 25.7 Å². The standard InChI is InChI=1S/C28H26N4O3/c1-3-29-16-17-4-8-21(9-5-17)31-26(19-7-11-23-18(14-19)12-13-30-23)25-22-10-6-20(28(34)35-2)15-24(22)32-27(25)33/h4-15,29-31H,3,16H2,1-2H3,(H,32,33)/b26-25-. The Kier molecular flexibility index (Phi) is 6.08. The molecule has 0 spiro atoms. The van der Waals surface area contributed by atoms with Crippen molar-refractivity contribution in [3.05, 3.63) is 95.2 Å². The molecule has 7 heteroatoms. The average molecular weight is 467 g/mol. The molecule has 4 N–H and O–H groups in total. The second kappa shape index (κ2) is 9.48. The number of benzene rings is 3. The summed E-state index contributed by atoms with van der Waals surface area (Å²) in [7, 11) is 1.34. The van der Waals surface area contributed by atoms with E-state index in [-0.39, 0.29) is 5.91 Å². The lowest BCUT2D eigenvalue weighted by atomic mass is 9.98. The molecule has 35 heavy (non-hydrogen) atoms. The van der Waals surface area contributed by atoms with Gasteiger partial charge in [0.15, 0.2) is 0 Å². The van der Waals surface area contributed by atoms with Crippen molar-refractivity contribution in [2.24, 2.45) is 0 Å². The molecule has 0 radical (unpaired) electrons. The van der Waals surface area contributed by atoms with Gasteiger partial charge in [-0.25, -0.2) is 4.79 Å². The van der Waals surface area contributed by atoms with Gasteiger partial charge in [-0.05, 0) is 60.1 Å². The van der Waals surface area contributed by atoms with Crippen LogP contribution >= 0.6 is 0 Å². The van der Waals surface area contributed by atoms with E-state index >= 15 is 0 Å². The number of hydrogen-bond acceptors (Lipinski definition) is 5. The predicted octanol–water partition coefficient (Wildman–Crippen LogP) is 5.00. The lowest BCUT2D eigenvalue weighted by molar-refractivity contribution is -0.110. The smallest absolute Gasteiger partial charge is 0.337 e. The number of methoxy groups -OCH3 is 1. The third kappa shape index (κ3) is 4.41. The molecule has 0 unspecified atom stereocenters. The number of hydrogen-bond donors (Lipinski definition) is 4. The van der Waals surface area contributed by atoms with Crippen molar-refractivity contribution in [1.82, 2.24) is 10.3 Å². The molecule has 1 aromatic heterocycles. The van der Waals surface area contributed by atoms with Gasteiger partial charge in [0.05, 0.1) is 29.6 Å². The molecule has 0 aliphatic carbocycles. The second-order valence-corrected chi connectivity index (χ2v) is 8.34. The van der Waals surface area contributed by atoms with Crippen molar-refractivity contribution in [2.45, 2.75) is 13.5 Å². The third-order valence-corrected chi connectivity index (χ3v) is 6.08. The first-order valence-electron chi connectivity index (χ1n) is 11.5. The maximum absolute atomic E-state index is 13.2. The summed E-state index contributed by atoms with van der Waals surface area (Å²) in [5.41, 5.74) is 6.84. The fourth-order valence-electron chi connectivity index (χ4n) is 4.27. The molecule has 0 bridgehead atoms. The van der Waals surface area contributed by atoms with Gasteiger partial charge in [-0.3, -0.25) is 4.79 Å². The van der Waals surface area contributed by atoms with E-state index in [1.165, 1.54) is 12.7 Å². The molecule has 4 aromatic rings. The van der Waals surface area contributed by atoms with Crippen LogP contribution in [0, 0.1) is 0 Å². The summed E-state index contributed by atoms with van der Waals surface area (Å²) in [6.07, 6.45) is 1.89. The van der Waals surface area contributed by atoms with E-state index in [0.29, 0.717) is 22.5 Å². The molecule has 0 atom stereocenters. The Hall–Kier alpha value is -4.36. The summed E-state index contributed by atoms with van der Waals surface area (Å²) in [5.74, 6) is -0.684. The van der Waals surface area contributed by atoms with E-state index in [9.17, 15) is 9.59 Å². The van der Waals surface area contributed by atoms with E-state index in [1.54, 1.807) is 18.2 Å². The van der Waals surface area contributed by atoms with Gasteiger partial charge in [-0.1, -0.05) is 31.2 Å². The first-order valence-corrected chi connectivity index (χ1v) is 11.5. The highest BCUT2D eigenvalue weighted by molar-refractivity contribution is 6.37. The minimum atomic E-state index is -0.451. The summed E-state index contributed by atoms with van der Waals surface area (Å²) in [6.45, 7) is 3.78. The first kappa shape index (κ1) is 22.4. The van der Waals surface area contributed by atoms with Crippen molar-refractivity contribution < 1.29 is 14.3 Å². The lowest BCUT2D eigenvalue weighted by Gasteiger charge is -2.16. The van der Waals surface area contributed by atoms with Gasteiger partial charge in [-0.2, -0.15) is 0 Å². The highest BCUT2D eigenvalue weighted by atomic mass is 16.5. The number of rotatable bonds is 7. The van der Waals surface area contributed by atoms with E-state index in [0.717, 1.165) is 40.8 Å². The number of aromatic nitrogens is 1. The summed E-state index contributed by atoms with van der Waals surface area (Å²) < 4.78 is 4.83. The Morgan fingerprint density at radius 2 is 1.77 bits per heavy atom. The third-order valence-electron chi connectivity index (χ3n) is 6.08. The van der Waals surface area contributed by atoms with Crippen LogP contribution in [0.25, 0.3) is 22.2 Å². The van der Waals surface area contributed by atoms with Crippen LogP contribution in [0.2, 0.25) is 0 Å². The van der Waals surface area contributed by atoms with Crippen LogP contribution in [0.4, 0.5) is 11.4 Å². The maximum atomic E-state index is 13.2. The molecule has 1 aliphatic heterocycles. The minimum Gasteiger partial charge on any atom is -0.465 e. The van der Waals surface area contributed by atoms with E-state index in [2.05, 4.69) is 46.1 Å². The molecule has 1 aliphatic rings. The zero-order chi connectivity index (χ0) is 24.4. The number of carbonyl (C=O) groups is 2. The maximum Gasteiger partial charge on any atom is 0.337 e. The van der Waals surface area contributed by atoms with Crippen molar-refractivity contribution >= 4 is 45.4 Å². The Morgan fingerprint density at radius 1 is 0.971 bits per heavy atom. The lowest BCUT2D eigenvalue weighted by Crippen LogP contribution is -2.12. The topological polar surface area (TPSA) is 95.2 Å². The van der Waals surface area contributed by atoms with E-state index < -0.39 is 5.97 Å². The van der Waals surface area contributed by atoms with Crippen molar-refractivity contribution in [1.29, 1.82) is 0 Å². The molecular weight excluding hydrogens is 440 g/mol. The monoisotopic (exact) mass is 466 g/mol. The molecule has 0 saturated carbocycles. The van der Waals surface area contributed by atoms with Crippen molar-refractivity contribution in [3.63, 3.8) is 0 Å². The Bertz CT molecular complexity index is 1450. The number of aromatic amines is 1. The minimum absolute atomic E-state index is 0.234. The van der Waals surface area contributed by atoms with Gasteiger partial charge in [-0.15, -0.1) is 0 Å². The molecule has 0 saturated heterocycles. The number of nitrogens with one attached hydrogen (secondary N) is 4. The highest BCUT2D eigenvalue weighted by Crippen LogP contribution is 2.38. The molecule has 5 rings (SSSR count). The molecule has 1 amide bonds. The molecular formula is C28H26N4O3. The zero-order valence-corrected chi connectivity index (χ0v) is 19.6. The predicted molar refractivity (Wildman–Crippen MR) is 139 cm³/mol. The van der Waals surface area contributed by atoms with Crippen molar-refractivity contribution in [2.75, 3.05) is 24.3 Å². The molecule has 3 aromatic carbocycles. The summed E-state index contributed by atoms with van der Waals surface area (Å²) in [4.78, 5) is 28.4. The largest absolute Gasteiger partial charge is 0.465 e. The highest BCUT2D eigenvalue weighted by Gasteiger charge is 2.29. The second-order valence-electron chi connectivity index (χ2n) is 8.34. The molecule has 2 heterocycles. The number of amides is 1. The van der Waals surface area contributed by atoms with Crippen LogP contribution in [0.3, 0.4) is 0 Å². The average Bonchev–Trinajstić information content (AvgIpc) is 3.48. The summed E-state index contributed by atoms with van der Waals surface area (Å²) in [5, 5.41) is 10.8. The molecule has 0 fully saturated rings. The van der Waals surface area contributed by atoms with Gasteiger partial charge in [0.2, 0.25) is 0 Å². The quantitative estimate of drug-likeness (QED) is 0.227. The van der Waals surface area contributed by atoms with E-state index in [1.807, 2.05) is 36.5 Å². The first-order chi connectivity index (χ1) is 17.1. The zero-order valence-electron chi connectivity index (χ0n) is 19.6. The molecule has 176 valence electrons. The van der Waals surface area contributed by atoms with Gasteiger partial charge >= 0.3 is 5.97 Å². The van der Waals surface area contributed by atoms with Crippen LogP contribution in [-0.2, 0) is 16.1 Å². The van der Waals surface area contributed by atoms with E-state index in [4.69, 9.17) is 4.74 Å². The Balaban J connectivity index is 1.61. The fourth-order valence-corrected chi connectivity index (χ4v) is 4.27. The Labute approximate surface area is 203 Å². The SMILES string of the molecule is CCNCc1ccc(N/C(=C2\C(=O)Nc3cc(C(=O)OC)ccc32)c2ccc3[nH]ccc3c2)cc1. The normalized spacial score (nSPS) is 13.9. The fraction of sp³-hybridized carbons (Fsp3) is 0.143. The van der Waals surface area contributed by atoms with Gasteiger partial charge in [0.25, 0.3) is 5.91 Å². The molecule has 7 nitrogen and oxygen atoms in total. The van der Waals surface area contributed by atoms with Crippen LogP contribution in [0.5, 0.6) is 0 Å². The number of esters is 1. The number of anilines is 2. The number of carbonyl (C=O) groups excluding carboxylic acids is 2. The van der Waals surface area contributed by atoms with Crippen LogP contribution < -0.4 is 16.0 Å².